The van der Waals surface area contributed by atoms with Crippen LogP contribution < -0.4 is 5.32 Å². The molecule has 2 atom stereocenters. The van der Waals surface area contributed by atoms with Crippen LogP contribution in [0.25, 0.3) is 0 Å². The van der Waals surface area contributed by atoms with Gasteiger partial charge < -0.3 is 10.4 Å². The number of rotatable bonds is 4. The molecule has 0 radical (unpaired) electrons. The lowest BCUT2D eigenvalue weighted by Gasteiger charge is -2.12. The smallest absolute Gasteiger partial charge is 0.224 e. The van der Waals surface area contributed by atoms with Crippen molar-refractivity contribution in [3.63, 3.8) is 0 Å². The number of amides is 1. The van der Waals surface area contributed by atoms with Crippen LogP contribution in [0.5, 0.6) is 0 Å². The molecule has 0 fully saturated rings. The molecule has 1 amide bonds. The molecule has 0 aliphatic heterocycles. The zero-order valence-electron chi connectivity index (χ0n) is 9.97. The van der Waals surface area contributed by atoms with Crippen molar-refractivity contribution >= 4 is 17.5 Å². The van der Waals surface area contributed by atoms with Gasteiger partial charge in [0.25, 0.3) is 0 Å². The summed E-state index contributed by atoms with van der Waals surface area (Å²) < 4.78 is 0. The van der Waals surface area contributed by atoms with Crippen molar-refractivity contribution in [3.05, 3.63) is 47.0 Å². The highest BCUT2D eigenvalue weighted by Crippen LogP contribution is 2.17. The Morgan fingerprint density at radius 3 is 2.94 bits per heavy atom. The highest BCUT2D eigenvalue weighted by Gasteiger charge is 2.19. The van der Waals surface area contributed by atoms with Crippen molar-refractivity contribution in [2.24, 2.45) is 5.92 Å². The maximum absolute atomic E-state index is 11.8. The van der Waals surface area contributed by atoms with Crippen molar-refractivity contribution in [2.45, 2.75) is 18.9 Å². The van der Waals surface area contributed by atoms with Crippen LogP contribution in [0, 0.1) is 5.92 Å². The Labute approximate surface area is 111 Å². The van der Waals surface area contributed by atoms with Crippen LogP contribution in [-0.2, 0) is 11.2 Å². The van der Waals surface area contributed by atoms with Gasteiger partial charge in [0.15, 0.2) is 0 Å². The third-order valence-electron chi connectivity index (χ3n) is 3.01. The van der Waals surface area contributed by atoms with Crippen molar-refractivity contribution < 1.29 is 9.90 Å². The summed E-state index contributed by atoms with van der Waals surface area (Å²) >= 11 is 5.87. The fourth-order valence-corrected chi connectivity index (χ4v) is 2.32. The van der Waals surface area contributed by atoms with E-state index in [0.29, 0.717) is 11.4 Å². The lowest BCUT2D eigenvalue weighted by Crippen LogP contribution is -2.34. The third-order valence-corrected chi connectivity index (χ3v) is 3.24. The maximum Gasteiger partial charge on any atom is 0.224 e. The highest BCUT2D eigenvalue weighted by molar-refractivity contribution is 6.30. The highest BCUT2D eigenvalue weighted by atomic mass is 35.5. The molecule has 0 aromatic heterocycles. The number of aliphatic hydroxyl groups is 1. The SMILES string of the molecule is O=C(Cc1cccc(Cl)c1)N[C@@H]1C=C[C@H](CO)C1. The monoisotopic (exact) mass is 265 g/mol. The van der Waals surface area contributed by atoms with Gasteiger partial charge in [-0.3, -0.25) is 4.79 Å². The van der Waals surface area contributed by atoms with Crippen LogP contribution in [0.3, 0.4) is 0 Å². The van der Waals surface area contributed by atoms with Gasteiger partial charge in [0, 0.05) is 23.6 Å². The van der Waals surface area contributed by atoms with Crippen molar-refractivity contribution in [1.29, 1.82) is 0 Å². The zero-order chi connectivity index (χ0) is 13.0. The number of hydrogen-bond donors (Lipinski definition) is 2. The molecule has 2 rings (SSSR count). The number of hydrogen-bond acceptors (Lipinski definition) is 2. The molecule has 4 heteroatoms. The second-order valence-electron chi connectivity index (χ2n) is 4.54. The van der Waals surface area contributed by atoms with E-state index in [0.717, 1.165) is 12.0 Å². The Morgan fingerprint density at radius 2 is 2.28 bits per heavy atom. The van der Waals surface area contributed by atoms with E-state index < -0.39 is 0 Å². The Bertz CT molecular complexity index is 459. The minimum Gasteiger partial charge on any atom is -0.396 e. The van der Waals surface area contributed by atoms with Crippen molar-refractivity contribution in [3.8, 4) is 0 Å². The molecule has 18 heavy (non-hydrogen) atoms. The number of carbonyl (C=O) groups is 1. The van der Waals surface area contributed by atoms with Gasteiger partial charge in [-0.2, -0.15) is 0 Å². The molecule has 2 N–H and O–H groups in total. The molecule has 3 nitrogen and oxygen atoms in total. The Hall–Kier alpha value is -1.32. The fourth-order valence-electron chi connectivity index (χ4n) is 2.11. The first-order valence-corrected chi connectivity index (χ1v) is 6.38. The predicted molar refractivity (Wildman–Crippen MR) is 71.4 cm³/mol. The van der Waals surface area contributed by atoms with Gasteiger partial charge in [0.1, 0.15) is 0 Å². The molecule has 1 aromatic carbocycles. The third kappa shape index (κ3) is 3.59. The number of aliphatic hydroxyl groups excluding tert-OH is 1. The molecule has 0 spiro atoms. The minimum absolute atomic E-state index is 0.0227. The van der Waals surface area contributed by atoms with Crippen LogP contribution in [0.15, 0.2) is 36.4 Å². The van der Waals surface area contributed by atoms with E-state index in [4.69, 9.17) is 16.7 Å². The van der Waals surface area contributed by atoms with Gasteiger partial charge in [-0.05, 0) is 24.1 Å². The number of carbonyl (C=O) groups excluding carboxylic acids is 1. The second-order valence-corrected chi connectivity index (χ2v) is 4.98. The van der Waals surface area contributed by atoms with Gasteiger partial charge >= 0.3 is 0 Å². The van der Waals surface area contributed by atoms with E-state index >= 15 is 0 Å². The summed E-state index contributed by atoms with van der Waals surface area (Å²) in [5, 5.41) is 12.6. The van der Waals surface area contributed by atoms with E-state index in [1.165, 1.54) is 0 Å². The normalized spacial score (nSPS) is 22.1. The first kappa shape index (κ1) is 13.1. The van der Waals surface area contributed by atoms with Crippen LogP contribution in [0.1, 0.15) is 12.0 Å². The largest absolute Gasteiger partial charge is 0.396 e. The van der Waals surface area contributed by atoms with E-state index in [2.05, 4.69) is 5.32 Å². The summed E-state index contributed by atoms with van der Waals surface area (Å²) in [5.41, 5.74) is 0.903. The molecule has 1 aliphatic carbocycles. The number of nitrogens with one attached hydrogen (secondary N) is 1. The predicted octanol–water partition coefficient (Wildman–Crippen LogP) is 1.94. The summed E-state index contributed by atoms with van der Waals surface area (Å²) in [6.45, 7) is 0.136. The molecular weight excluding hydrogens is 250 g/mol. The van der Waals surface area contributed by atoms with Crippen LogP contribution in [-0.4, -0.2) is 23.7 Å². The van der Waals surface area contributed by atoms with E-state index in [1.807, 2.05) is 24.3 Å². The van der Waals surface area contributed by atoms with Crippen LogP contribution in [0.2, 0.25) is 5.02 Å². The molecule has 0 saturated carbocycles. The van der Waals surface area contributed by atoms with Crippen molar-refractivity contribution in [1.82, 2.24) is 5.32 Å². The summed E-state index contributed by atoms with van der Waals surface area (Å²) in [6, 6.07) is 7.33. The first-order chi connectivity index (χ1) is 8.67. The van der Waals surface area contributed by atoms with E-state index in [-0.39, 0.29) is 24.5 Å². The minimum atomic E-state index is -0.0227. The summed E-state index contributed by atoms with van der Waals surface area (Å²) in [7, 11) is 0. The second kappa shape index (κ2) is 6.03. The zero-order valence-corrected chi connectivity index (χ0v) is 10.7. The Morgan fingerprint density at radius 1 is 1.44 bits per heavy atom. The topological polar surface area (TPSA) is 49.3 Å². The van der Waals surface area contributed by atoms with Gasteiger partial charge in [-0.25, -0.2) is 0 Å². The Kier molecular flexibility index (Phi) is 4.39. The van der Waals surface area contributed by atoms with Gasteiger partial charge in [0.2, 0.25) is 5.91 Å². The average molecular weight is 266 g/mol. The molecular formula is C14H16ClNO2. The van der Waals surface area contributed by atoms with Gasteiger partial charge in [-0.15, -0.1) is 0 Å². The number of benzene rings is 1. The molecule has 96 valence electrons. The maximum atomic E-state index is 11.8. The average Bonchev–Trinajstić information content (AvgIpc) is 2.76. The lowest BCUT2D eigenvalue weighted by molar-refractivity contribution is -0.120. The molecule has 0 unspecified atom stereocenters. The van der Waals surface area contributed by atoms with Gasteiger partial charge in [-0.1, -0.05) is 35.9 Å². The molecule has 1 aliphatic rings. The Balaban J connectivity index is 1.84. The molecule has 0 bridgehead atoms. The van der Waals surface area contributed by atoms with Crippen LogP contribution >= 0.6 is 11.6 Å². The van der Waals surface area contributed by atoms with Gasteiger partial charge in [0.05, 0.1) is 6.42 Å². The molecule has 1 aromatic rings. The quantitative estimate of drug-likeness (QED) is 0.818. The molecule has 0 saturated heterocycles. The molecule has 0 heterocycles. The van der Waals surface area contributed by atoms with Crippen LogP contribution in [0.4, 0.5) is 0 Å². The van der Waals surface area contributed by atoms with E-state index in [9.17, 15) is 4.79 Å². The van der Waals surface area contributed by atoms with E-state index in [1.54, 1.807) is 12.1 Å². The summed E-state index contributed by atoms with van der Waals surface area (Å²) in [5.74, 6) is 0.145. The fraction of sp³-hybridized carbons (Fsp3) is 0.357. The summed E-state index contributed by atoms with van der Waals surface area (Å²) in [4.78, 5) is 11.8. The summed E-state index contributed by atoms with van der Waals surface area (Å²) in [6.07, 6.45) is 4.99. The number of halogens is 1. The standard InChI is InChI=1S/C14H16ClNO2/c15-12-3-1-2-10(6-12)8-14(18)16-13-5-4-11(7-13)9-17/h1-6,11,13,17H,7-9H2,(H,16,18)/t11-,13+/m0/s1. The first-order valence-electron chi connectivity index (χ1n) is 6.00. The lowest BCUT2D eigenvalue weighted by atomic mass is 10.1. The van der Waals surface area contributed by atoms with Crippen molar-refractivity contribution in [2.75, 3.05) is 6.61 Å².